The van der Waals surface area contributed by atoms with Crippen molar-refractivity contribution in [1.29, 1.82) is 0 Å². The van der Waals surface area contributed by atoms with Gasteiger partial charge in [0.15, 0.2) is 0 Å². The Hall–Kier alpha value is -1.50. The second-order valence-electron chi connectivity index (χ2n) is 4.06. The number of aromatic nitrogens is 1. The number of aliphatic hydroxyl groups is 1. The molecule has 0 aliphatic heterocycles. The molecule has 1 heterocycles. The van der Waals surface area contributed by atoms with Crippen LogP contribution in [0, 0.1) is 0 Å². The third-order valence-electron chi connectivity index (χ3n) is 2.60. The predicted octanol–water partition coefficient (Wildman–Crippen LogP) is 0.355. The van der Waals surface area contributed by atoms with Crippen LogP contribution in [-0.2, 0) is 16.0 Å². The molecule has 0 saturated carbocycles. The van der Waals surface area contributed by atoms with Crippen LogP contribution in [-0.4, -0.2) is 49.5 Å². The van der Waals surface area contributed by atoms with E-state index in [1.165, 1.54) is 7.11 Å². The molecule has 6 heteroatoms. The average molecular weight is 268 g/mol. The molecule has 0 aliphatic carbocycles. The van der Waals surface area contributed by atoms with E-state index in [-0.39, 0.29) is 0 Å². The van der Waals surface area contributed by atoms with E-state index in [0.29, 0.717) is 37.4 Å². The summed E-state index contributed by atoms with van der Waals surface area (Å²) >= 11 is 0. The lowest BCUT2D eigenvalue weighted by molar-refractivity contribution is 0.0588. The SMILES string of the molecule is COCC(O)CCNCc1ncccc1C(=O)OC. The Bertz CT molecular complexity index is 398. The molecule has 0 bridgehead atoms. The molecular weight excluding hydrogens is 248 g/mol. The highest BCUT2D eigenvalue weighted by molar-refractivity contribution is 5.90. The Kier molecular flexibility index (Phi) is 7.02. The van der Waals surface area contributed by atoms with Crippen LogP contribution in [0.15, 0.2) is 18.3 Å². The fourth-order valence-electron chi connectivity index (χ4n) is 1.63. The van der Waals surface area contributed by atoms with Crippen molar-refractivity contribution in [2.24, 2.45) is 0 Å². The molecule has 0 fully saturated rings. The average Bonchev–Trinajstić information content (AvgIpc) is 2.43. The lowest BCUT2D eigenvalue weighted by atomic mass is 10.2. The molecule has 1 unspecified atom stereocenters. The first-order valence-corrected chi connectivity index (χ1v) is 6.09. The number of aliphatic hydroxyl groups excluding tert-OH is 1. The number of carbonyl (C=O) groups excluding carboxylic acids is 1. The molecule has 0 saturated heterocycles. The van der Waals surface area contributed by atoms with Gasteiger partial charge in [0.25, 0.3) is 0 Å². The number of carbonyl (C=O) groups is 1. The fourth-order valence-corrected chi connectivity index (χ4v) is 1.63. The van der Waals surface area contributed by atoms with Gasteiger partial charge in [-0.2, -0.15) is 0 Å². The molecule has 0 radical (unpaired) electrons. The van der Waals surface area contributed by atoms with E-state index in [1.807, 2.05) is 0 Å². The third kappa shape index (κ3) is 5.34. The minimum Gasteiger partial charge on any atom is -0.465 e. The van der Waals surface area contributed by atoms with E-state index in [9.17, 15) is 9.90 Å². The summed E-state index contributed by atoms with van der Waals surface area (Å²) in [7, 11) is 2.89. The number of methoxy groups -OCH3 is 2. The van der Waals surface area contributed by atoms with Crippen LogP contribution in [0.5, 0.6) is 0 Å². The van der Waals surface area contributed by atoms with Crippen LogP contribution in [0.1, 0.15) is 22.5 Å². The van der Waals surface area contributed by atoms with Crippen molar-refractivity contribution in [2.75, 3.05) is 27.4 Å². The third-order valence-corrected chi connectivity index (χ3v) is 2.60. The van der Waals surface area contributed by atoms with Gasteiger partial charge >= 0.3 is 5.97 Å². The normalized spacial score (nSPS) is 12.2. The minimum atomic E-state index is -0.485. The van der Waals surface area contributed by atoms with E-state index in [4.69, 9.17) is 9.47 Å². The van der Waals surface area contributed by atoms with Gasteiger partial charge in [0, 0.05) is 19.9 Å². The monoisotopic (exact) mass is 268 g/mol. The van der Waals surface area contributed by atoms with Crippen molar-refractivity contribution < 1.29 is 19.4 Å². The molecule has 1 atom stereocenters. The van der Waals surface area contributed by atoms with Crippen molar-refractivity contribution >= 4 is 5.97 Å². The summed E-state index contributed by atoms with van der Waals surface area (Å²) in [6.07, 6.45) is 1.72. The first kappa shape index (κ1) is 15.6. The lowest BCUT2D eigenvalue weighted by Crippen LogP contribution is -2.24. The van der Waals surface area contributed by atoms with Crippen LogP contribution in [0.3, 0.4) is 0 Å². The minimum absolute atomic E-state index is 0.318. The summed E-state index contributed by atoms with van der Waals surface area (Å²) in [4.78, 5) is 15.7. The Morgan fingerprint density at radius 1 is 1.53 bits per heavy atom. The molecule has 106 valence electrons. The van der Waals surface area contributed by atoms with E-state index in [2.05, 4.69) is 10.3 Å². The first-order chi connectivity index (χ1) is 9.19. The van der Waals surface area contributed by atoms with Gasteiger partial charge in [-0.3, -0.25) is 4.98 Å². The summed E-state index contributed by atoms with van der Waals surface area (Å²) in [5, 5.41) is 12.6. The Balaban J connectivity index is 2.43. The van der Waals surface area contributed by atoms with Gasteiger partial charge in [-0.25, -0.2) is 4.79 Å². The Morgan fingerprint density at radius 3 is 3.00 bits per heavy atom. The number of hydrogen-bond donors (Lipinski definition) is 2. The zero-order valence-electron chi connectivity index (χ0n) is 11.3. The second kappa shape index (κ2) is 8.58. The summed E-state index contributed by atoms with van der Waals surface area (Å²) in [6.45, 7) is 1.38. The van der Waals surface area contributed by atoms with E-state index in [0.717, 1.165) is 0 Å². The van der Waals surface area contributed by atoms with Crippen molar-refractivity contribution in [1.82, 2.24) is 10.3 Å². The Morgan fingerprint density at radius 2 is 2.32 bits per heavy atom. The van der Waals surface area contributed by atoms with Crippen molar-refractivity contribution in [3.8, 4) is 0 Å². The Labute approximate surface area is 112 Å². The number of pyridine rings is 1. The molecule has 6 nitrogen and oxygen atoms in total. The van der Waals surface area contributed by atoms with E-state index in [1.54, 1.807) is 25.4 Å². The highest BCUT2D eigenvalue weighted by atomic mass is 16.5. The number of nitrogens with one attached hydrogen (secondary N) is 1. The maximum Gasteiger partial charge on any atom is 0.339 e. The number of rotatable bonds is 8. The molecule has 0 spiro atoms. The molecule has 1 aromatic heterocycles. The van der Waals surface area contributed by atoms with Crippen LogP contribution in [0.4, 0.5) is 0 Å². The number of nitrogens with zero attached hydrogens (tertiary/aromatic N) is 1. The molecule has 19 heavy (non-hydrogen) atoms. The van der Waals surface area contributed by atoms with Gasteiger partial charge < -0.3 is 19.9 Å². The highest BCUT2D eigenvalue weighted by Gasteiger charge is 2.11. The summed E-state index contributed by atoms with van der Waals surface area (Å²) < 4.78 is 9.52. The second-order valence-corrected chi connectivity index (χ2v) is 4.06. The van der Waals surface area contributed by atoms with E-state index >= 15 is 0 Å². The van der Waals surface area contributed by atoms with Gasteiger partial charge in [0.1, 0.15) is 0 Å². The molecule has 1 aromatic rings. The highest BCUT2D eigenvalue weighted by Crippen LogP contribution is 2.06. The zero-order chi connectivity index (χ0) is 14.1. The van der Waals surface area contributed by atoms with Crippen LogP contribution < -0.4 is 5.32 Å². The number of ether oxygens (including phenoxy) is 2. The maximum absolute atomic E-state index is 11.5. The van der Waals surface area contributed by atoms with Gasteiger partial charge in [-0.1, -0.05) is 0 Å². The lowest BCUT2D eigenvalue weighted by Gasteiger charge is -2.11. The molecule has 0 aromatic carbocycles. The summed E-state index contributed by atoms with van der Waals surface area (Å²) in [5.74, 6) is -0.399. The van der Waals surface area contributed by atoms with Crippen molar-refractivity contribution in [3.63, 3.8) is 0 Å². The van der Waals surface area contributed by atoms with Crippen molar-refractivity contribution in [3.05, 3.63) is 29.6 Å². The zero-order valence-corrected chi connectivity index (χ0v) is 11.3. The largest absolute Gasteiger partial charge is 0.465 e. The molecule has 1 rings (SSSR count). The summed E-state index contributed by atoms with van der Waals surface area (Å²) in [6, 6.07) is 3.37. The number of hydrogen-bond acceptors (Lipinski definition) is 6. The van der Waals surface area contributed by atoms with Crippen LogP contribution in [0.2, 0.25) is 0 Å². The van der Waals surface area contributed by atoms with Crippen LogP contribution >= 0.6 is 0 Å². The quantitative estimate of drug-likeness (QED) is 0.523. The van der Waals surface area contributed by atoms with E-state index < -0.39 is 12.1 Å². The van der Waals surface area contributed by atoms with Crippen LogP contribution in [0.25, 0.3) is 0 Å². The molecule has 2 N–H and O–H groups in total. The molecular formula is C13H20N2O4. The van der Waals surface area contributed by atoms with Gasteiger partial charge in [0.05, 0.1) is 31.1 Å². The molecule has 0 aliphatic rings. The fraction of sp³-hybridized carbons (Fsp3) is 0.538. The standard InChI is InChI=1S/C13H20N2O4/c1-18-9-10(16)5-7-14-8-12-11(13(17)19-2)4-3-6-15-12/h3-4,6,10,14,16H,5,7-9H2,1-2H3. The van der Waals surface area contributed by atoms with Gasteiger partial charge in [0.2, 0.25) is 0 Å². The van der Waals surface area contributed by atoms with Crippen molar-refractivity contribution in [2.45, 2.75) is 19.1 Å². The summed E-state index contributed by atoms with van der Waals surface area (Å²) in [5.41, 5.74) is 1.09. The smallest absolute Gasteiger partial charge is 0.339 e. The van der Waals surface area contributed by atoms with Gasteiger partial charge in [-0.05, 0) is 25.1 Å². The first-order valence-electron chi connectivity index (χ1n) is 6.09. The maximum atomic E-state index is 11.5. The molecule has 0 amide bonds. The number of esters is 1. The topological polar surface area (TPSA) is 80.7 Å². The van der Waals surface area contributed by atoms with Gasteiger partial charge in [-0.15, -0.1) is 0 Å². The predicted molar refractivity (Wildman–Crippen MR) is 69.8 cm³/mol.